The maximum atomic E-state index is 2.32. The summed E-state index contributed by atoms with van der Waals surface area (Å²) in [5, 5.41) is 0. The van der Waals surface area contributed by atoms with Crippen molar-refractivity contribution < 1.29 is 28.5 Å². The van der Waals surface area contributed by atoms with Gasteiger partial charge in [-0.2, -0.15) is 0 Å². The van der Waals surface area contributed by atoms with Crippen LogP contribution >= 0.6 is 0 Å². The highest BCUT2D eigenvalue weighted by Gasteiger charge is 2.17. The molecular formula is C10H24IN. The maximum Gasteiger partial charge on any atom is 0.0805 e. The van der Waals surface area contributed by atoms with Gasteiger partial charge in [-0.1, -0.05) is 27.7 Å². The summed E-state index contributed by atoms with van der Waals surface area (Å²) in [6.45, 7) is 11.7. The van der Waals surface area contributed by atoms with Crippen LogP contribution in [0, 0.1) is 11.8 Å². The maximum absolute atomic E-state index is 2.32. The van der Waals surface area contributed by atoms with Crippen LogP contribution in [0.3, 0.4) is 0 Å². The number of halogens is 1. The fourth-order valence-electron chi connectivity index (χ4n) is 2.05. The molecule has 0 aromatic carbocycles. The molecule has 0 saturated carbocycles. The van der Waals surface area contributed by atoms with E-state index in [-0.39, 0.29) is 24.0 Å². The third kappa shape index (κ3) is 8.78. The van der Waals surface area contributed by atoms with Crippen molar-refractivity contribution in [3.8, 4) is 0 Å². The van der Waals surface area contributed by atoms with E-state index in [0.29, 0.717) is 0 Å². The van der Waals surface area contributed by atoms with Crippen molar-refractivity contribution in [1.29, 1.82) is 0 Å². The van der Waals surface area contributed by atoms with Gasteiger partial charge in [0.05, 0.1) is 27.2 Å². The van der Waals surface area contributed by atoms with Crippen molar-refractivity contribution in [3.63, 3.8) is 0 Å². The molecule has 0 spiro atoms. The summed E-state index contributed by atoms with van der Waals surface area (Å²) < 4.78 is 1.16. The van der Waals surface area contributed by atoms with Crippen LogP contribution in [0.25, 0.3) is 0 Å². The van der Waals surface area contributed by atoms with Gasteiger partial charge in [0.15, 0.2) is 0 Å². The summed E-state index contributed by atoms with van der Waals surface area (Å²) >= 11 is 0. The summed E-state index contributed by atoms with van der Waals surface area (Å²) in [5.41, 5.74) is 0. The van der Waals surface area contributed by atoms with Gasteiger partial charge >= 0.3 is 0 Å². The Bertz CT molecular complexity index is 96.4. The molecule has 0 saturated heterocycles. The van der Waals surface area contributed by atoms with Crippen LogP contribution in [-0.2, 0) is 0 Å². The van der Waals surface area contributed by atoms with Gasteiger partial charge < -0.3 is 28.5 Å². The van der Waals surface area contributed by atoms with Crippen LogP contribution < -0.4 is 24.0 Å². The minimum absolute atomic E-state index is 0. The molecule has 0 radical (unpaired) electrons. The standard InChI is InChI=1S/C10H24N.HI/c1-9(2)7-11(5,6)8-10(3)4;/h9-10H,7-8H2,1-6H3;1H/q+1;/p-1. The summed E-state index contributed by atoms with van der Waals surface area (Å²) in [7, 11) is 4.64. The van der Waals surface area contributed by atoms with E-state index in [2.05, 4.69) is 41.8 Å². The van der Waals surface area contributed by atoms with Crippen molar-refractivity contribution in [2.24, 2.45) is 11.8 Å². The van der Waals surface area contributed by atoms with Crippen LogP contribution in [0.15, 0.2) is 0 Å². The zero-order valence-electron chi connectivity index (χ0n) is 9.39. The third-order valence-electron chi connectivity index (χ3n) is 1.72. The van der Waals surface area contributed by atoms with Gasteiger partial charge in [0.1, 0.15) is 0 Å². The normalized spacial score (nSPS) is 12.0. The Morgan fingerprint density at radius 2 is 1.08 bits per heavy atom. The Morgan fingerprint density at radius 3 is 1.25 bits per heavy atom. The molecule has 0 aliphatic heterocycles. The molecule has 0 unspecified atom stereocenters. The Hall–Kier alpha value is 0.690. The Balaban J connectivity index is 0. The Kier molecular flexibility index (Phi) is 7.83. The Labute approximate surface area is 95.1 Å². The van der Waals surface area contributed by atoms with Crippen molar-refractivity contribution in [3.05, 3.63) is 0 Å². The fraction of sp³-hybridized carbons (Fsp3) is 1.00. The van der Waals surface area contributed by atoms with Crippen molar-refractivity contribution in [1.82, 2.24) is 0 Å². The van der Waals surface area contributed by atoms with Gasteiger partial charge in [-0.3, -0.25) is 0 Å². The second kappa shape index (κ2) is 6.19. The van der Waals surface area contributed by atoms with E-state index in [9.17, 15) is 0 Å². The van der Waals surface area contributed by atoms with Gasteiger partial charge in [-0.05, 0) is 0 Å². The van der Waals surface area contributed by atoms with Gasteiger partial charge in [-0.15, -0.1) is 0 Å². The zero-order valence-corrected chi connectivity index (χ0v) is 11.6. The van der Waals surface area contributed by atoms with Crippen molar-refractivity contribution >= 4 is 0 Å². The van der Waals surface area contributed by atoms with E-state index < -0.39 is 0 Å². The molecule has 0 aliphatic rings. The molecular weight excluding hydrogens is 261 g/mol. The van der Waals surface area contributed by atoms with Gasteiger partial charge in [0.25, 0.3) is 0 Å². The second-order valence-corrected chi connectivity index (χ2v) is 5.09. The molecule has 0 aromatic heterocycles. The highest BCUT2D eigenvalue weighted by molar-refractivity contribution is 4.45. The average molecular weight is 285 g/mol. The summed E-state index contributed by atoms with van der Waals surface area (Å²) in [4.78, 5) is 0. The fourth-order valence-corrected chi connectivity index (χ4v) is 2.05. The predicted molar refractivity (Wildman–Crippen MR) is 51.5 cm³/mol. The molecule has 2 heteroatoms. The number of hydrogen-bond donors (Lipinski definition) is 0. The number of quaternary nitrogens is 1. The van der Waals surface area contributed by atoms with Crippen LogP contribution in [0.1, 0.15) is 27.7 Å². The lowest BCUT2D eigenvalue weighted by Crippen LogP contribution is -3.00. The van der Waals surface area contributed by atoms with E-state index in [1.54, 1.807) is 0 Å². The van der Waals surface area contributed by atoms with Crippen LogP contribution in [0.4, 0.5) is 0 Å². The third-order valence-corrected chi connectivity index (χ3v) is 1.72. The molecule has 0 aliphatic carbocycles. The first-order chi connectivity index (χ1) is 4.83. The summed E-state index contributed by atoms with van der Waals surface area (Å²) in [6.07, 6.45) is 0. The molecule has 0 N–H and O–H groups in total. The highest BCUT2D eigenvalue weighted by atomic mass is 127. The zero-order chi connectivity index (χ0) is 9.07. The van der Waals surface area contributed by atoms with Gasteiger partial charge in [0.2, 0.25) is 0 Å². The molecule has 0 bridgehead atoms. The quantitative estimate of drug-likeness (QED) is 0.477. The SMILES string of the molecule is CC(C)C[N+](C)(C)CC(C)C.[I-]. The molecule has 0 atom stereocenters. The largest absolute Gasteiger partial charge is 1.00 e. The lowest BCUT2D eigenvalue weighted by molar-refractivity contribution is -0.896. The van der Waals surface area contributed by atoms with Crippen molar-refractivity contribution in [2.75, 3.05) is 27.2 Å². The minimum atomic E-state index is 0. The van der Waals surface area contributed by atoms with Gasteiger partial charge in [-0.25, -0.2) is 0 Å². The van der Waals surface area contributed by atoms with E-state index in [1.807, 2.05) is 0 Å². The first-order valence-electron chi connectivity index (χ1n) is 4.65. The smallest absolute Gasteiger partial charge is 0.0805 e. The van der Waals surface area contributed by atoms with Crippen LogP contribution in [0.2, 0.25) is 0 Å². The lowest BCUT2D eigenvalue weighted by atomic mass is 10.1. The first kappa shape index (κ1) is 15.2. The lowest BCUT2D eigenvalue weighted by Gasteiger charge is -2.33. The molecule has 0 heterocycles. The molecule has 0 fully saturated rings. The van der Waals surface area contributed by atoms with E-state index in [0.717, 1.165) is 16.3 Å². The molecule has 0 amide bonds. The number of rotatable bonds is 4. The number of nitrogens with zero attached hydrogens (tertiary/aromatic N) is 1. The molecule has 0 aromatic rings. The first-order valence-corrected chi connectivity index (χ1v) is 4.65. The van der Waals surface area contributed by atoms with Crippen LogP contribution in [0.5, 0.6) is 0 Å². The topological polar surface area (TPSA) is 0 Å². The van der Waals surface area contributed by atoms with Crippen molar-refractivity contribution in [2.45, 2.75) is 27.7 Å². The number of hydrogen-bond acceptors (Lipinski definition) is 0. The summed E-state index contributed by atoms with van der Waals surface area (Å²) in [5.74, 6) is 1.62. The minimum Gasteiger partial charge on any atom is -1.00 e. The molecule has 1 nitrogen and oxygen atoms in total. The highest BCUT2D eigenvalue weighted by Crippen LogP contribution is 2.08. The molecule has 12 heavy (non-hydrogen) atoms. The van der Waals surface area contributed by atoms with E-state index in [1.165, 1.54) is 13.1 Å². The Morgan fingerprint density at radius 1 is 0.833 bits per heavy atom. The van der Waals surface area contributed by atoms with Crippen LogP contribution in [-0.4, -0.2) is 31.7 Å². The van der Waals surface area contributed by atoms with E-state index >= 15 is 0 Å². The average Bonchev–Trinajstić information content (AvgIpc) is 1.53. The second-order valence-electron chi connectivity index (χ2n) is 5.09. The molecule has 76 valence electrons. The summed E-state index contributed by atoms with van der Waals surface area (Å²) in [6, 6.07) is 0. The van der Waals surface area contributed by atoms with E-state index in [4.69, 9.17) is 0 Å². The monoisotopic (exact) mass is 285 g/mol. The van der Waals surface area contributed by atoms with Gasteiger partial charge in [0, 0.05) is 11.8 Å². The molecule has 0 rings (SSSR count). The predicted octanol–water partition coefficient (Wildman–Crippen LogP) is -0.621.